The third-order valence-corrected chi connectivity index (χ3v) is 7.87. The molecule has 1 heteroatoms. The van der Waals surface area contributed by atoms with Crippen LogP contribution in [0.25, 0.3) is 88.0 Å². The molecule has 0 aliphatic rings. The standard InChI is InChI=1S/C44H28O/c1-3-12-29(13-4-1)33-26-27-40-39(28-33)44-34(20-11-21-41(44)45-40)30-22-24-32(25-23-30)43-37-18-9-7-16-35(37)42(31-14-5-2-6-15-31)36-17-8-10-19-38(36)43/h1-28H/i2D,5D,6D,7D,8D,9D,10D,14D,15D,16D,17D,18D,19D,22D,23D,24D,25D. The van der Waals surface area contributed by atoms with Crippen LogP contribution in [0.1, 0.15) is 23.3 Å². The van der Waals surface area contributed by atoms with Crippen LogP contribution in [0.2, 0.25) is 0 Å². The second kappa shape index (κ2) is 10.4. The van der Waals surface area contributed by atoms with E-state index >= 15 is 0 Å². The van der Waals surface area contributed by atoms with Crippen molar-refractivity contribution < 1.29 is 27.7 Å². The first-order chi connectivity index (χ1) is 29.4. The Labute approximate surface area is 285 Å². The van der Waals surface area contributed by atoms with Gasteiger partial charge in [0, 0.05) is 10.8 Å². The zero-order valence-electron chi connectivity index (χ0n) is 40.3. The maximum atomic E-state index is 9.57. The highest BCUT2D eigenvalue weighted by Gasteiger charge is 2.17. The summed E-state index contributed by atoms with van der Waals surface area (Å²) in [7, 11) is 0. The molecule has 0 aliphatic carbocycles. The first-order valence-corrected chi connectivity index (χ1v) is 14.1. The lowest BCUT2D eigenvalue weighted by Gasteiger charge is -2.18. The zero-order valence-corrected chi connectivity index (χ0v) is 23.3. The molecule has 8 aromatic carbocycles. The van der Waals surface area contributed by atoms with E-state index in [1.165, 1.54) is 0 Å². The van der Waals surface area contributed by atoms with Crippen LogP contribution in [0, 0.1) is 0 Å². The Bertz CT molecular complexity index is 3350. The summed E-state index contributed by atoms with van der Waals surface area (Å²) in [5, 5.41) is -0.944. The van der Waals surface area contributed by atoms with E-state index in [-0.39, 0.29) is 11.1 Å². The van der Waals surface area contributed by atoms with Crippen molar-refractivity contribution in [2.75, 3.05) is 0 Å². The first-order valence-electron chi connectivity index (χ1n) is 22.6. The molecular weight excluding hydrogens is 544 g/mol. The summed E-state index contributed by atoms with van der Waals surface area (Å²) in [4.78, 5) is 0. The van der Waals surface area contributed by atoms with Gasteiger partial charge in [-0.25, -0.2) is 0 Å². The number of hydrogen-bond donors (Lipinski definition) is 0. The van der Waals surface area contributed by atoms with E-state index in [0.717, 1.165) is 11.1 Å². The van der Waals surface area contributed by atoms with Gasteiger partial charge in [0.25, 0.3) is 0 Å². The van der Waals surface area contributed by atoms with Crippen LogP contribution in [0.3, 0.4) is 0 Å². The third-order valence-electron chi connectivity index (χ3n) is 7.87. The second-order valence-corrected chi connectivity index (χ2v) is 10.4. The van der Waals surface area contributed by atoms with Gasteiger partial charge in [-0.05, 0) is 84.3 Å². The summed E-state index contributed by atoms with van der Waals surface area (Å²) in [6, 6.07) is 6.98. The SMILES string of the molecule is [2H]c1c([2H])c([2H])c(-c2c3c([2H])c([2H])c([2H])c([2H])c3c(-c3c([2H])c([2H])c(-c4cccc5oc6ccc(-c7ccccc7)cc6c45)c([2H])c3[2H])c3c([2H])c([2H])c([2H])c([2H])c23)c([2H])c1[2H]. The molecule has 0 saturated heterocycles. The van der Waals surface area contributed by atoms with E-state index in [9.17, 15) is 11.0 Å². The lowest BCUT2D eigenvalue weighted by Crippen LogP contribution is -1.90. The number of furan rings is 1. The molecule has 9 rings (SSSR count). The minimum atomic E-state index is -0.826. The smallest absolute Gasteiger partial charge is 0.136 e. The summed E-state index contributed by atoms with van der Waals surface area (Å²) in [6.45, 7) is 0. The van der Waals surface area contributed by atoms with Crippen LogP contribution in [0.4, 0.5) is 0 Å². The molecule has 0 fully saturated rings. The van der Waals surface area contributed by atoms with Crippen LogP contribution >= 0.6 is 0 Å². The number of rotatable bonds is 4. The lowest BCUT2D eigenvalue weighted by molar-refractivity contribution is 0.669. The van der Waals surface area contributed by atoms with Crippen LogP contribution in [-0.2, 0) is 0 Å². The van der Waals surface area contributed by atoms with Crippen molar-refractivity contribution in [1.29, 1.82) is 0 Å². The Morgan fingerprint density at radius 3 is 1.60 bits per heavy atom. The first kappa shape index (κ1) is 13.8. The average Bonchev–Trinajstić information content (AvgIpc) is 3.65. The fourth-order valence-corrected chi connectivity index (χ4v) is 5.92. The van der Waals surface area contributed by atoms with Gasteiger partial charge in [-0.2, -0.15) is 0 Å². The number of hydrogen-bond acceptors (Lipinski definition) is 1. The van der Waals surface area contributed by atoms with E-state index in [4.69, 9.17) is 16.8 Å². The molecule has 0 bridgehead atoms. The van der Waals surface area contributed by atoms with Gasteiger partial charge in [0.15, 0.2) is 0 Å². The van der Waals surface area contributed by atoms with Crippen LogP contribution in [0.15, 0.2) is 174 Å². The Balaban J connectivity index is 1.47. The van der Waals surface area contributed by atoms with Crippen molar-refractivity contribution >= 4 is 43.5 Å². The fourth-order valence-electron chi connectivity index (χ4n) is 5.92. The number of fused-ring (bicyclic) bond motifs is 5. The zero-order chi connectivity index (χ0) is 44.5. The average molecular weight is 590 g/mol. The van der Waals surface area contributed by atoms with Gasteiger partial charge in [-0.1, -0.05) is 151 Å². The minimum absolute atomic E-state index is 0.143. The van der Waals surface area contributed by atoms with E-state index in [1.54, 1.807) is 24.3 Å². The van der Waals surface area contributed by atoms with Gasteiger partial charge in [0.1, 0.15) is 11.2 Å². The van der Waals surface area contributed by atoms with Crippen LogP contribution in [-0.4, -0.2) is 0 Å². The van der Waals surface area contributed by atoms with Gasteiger partial charge < -0.3 is 4.42 Å². The van der Waals surface area contributed by atoms with E-state index in [2.05, 4.69) is 0 Å². The van der Waals surface area contributed by atoms with Crippen molar-refractivity contribution in [2.45, 2.75) is 0 Å². The molecule has 0 spiro atoms. The normalized spacial score (nSPS) is 16.8. The van der Waals surface area contributed by atoms with E-state index < -0.39 is 147 Å². The predicted molar refractivity (Wildman–Crippen MR) is 190 cm³/mol. The van der Waals surface area contributed by atoms with Crippen LogP contribution < -0.4 is 0 Å². The molecule has 0 N–H and O–H groups in total. The van der Waals surface area contributed by atoms with Gasteiger partial charge in [0.05, 0.1) is 23.3 Å². The summed E-state index contributed by atoms with van der Waals surface area (Å²) in [5.74, 6) is 0. The lowest BCUT2D eigenvalue weighted by atomic mass is 9.85. The predicted octanol–water partition coefficient (Wildman–Crippen LogP) is 12.6. The van der Waals surface area contributed by atoms with Crippen molar-refractivity contribution in [3.8, 4) is 44.5 Å². The van der Waals surface area contributed by atoms with E-state index in [0.29, 0.717) is 21.9 Å². The van der Waals surface area contributed by atoms with Crippen molar-refractivity contribution in [3.05, 3.63) is 169 Å². The molecule has 1 heterocycles. The molecule has 0 radical (unpaired) electrons. The third kappa shape index (κ3) is 4.17. The Hall–Kier alpha value is -5.92. The molecule has 1 nitrogen and oxygen atoms in total. The maximum absolute atomic E-state index is 9.57. The monoisotopic (exact) mass is 589 g/mol. The summed E-state index contributed by atoms with van der Waals surface area (Å²) in [6.07, 6.45) is 0. The van der Waals surface area contributed by atoms with Gasteiger partial charge in [0.2, 0.25) is 0 Å². The maximum Gasteiger partial charge on any atom is 0.136 e. The molecule has 9 aromatic rings. The van der Waals surface area contributed by atoms with Gasteiger partial charge >= 0.3 is 0 Å². The molecule has 0 atom stereocenters. The van der Waals surface area contributed by atoms with Crippen molar-refractivity contribution in [2.24, 2.45) is 0 Å². The number of benzene rings is 8. The molecular formula is C44H28O. The fraction of sp³-hybridized carbons (Fsp3) is 0. The highest BCUT2D eigenvalue weighted by molar-refractivity contribution is 6.21. The molecule has 0 saturated carbocycles. The van der Waals surface area contributed by atoms with Crippen molar-refractivity contribution in [3.63, 3.8) is 0 Å². The van der Waals surface area contributed by atoms with Gasteiger partial charge in [-0.3, -0.25) is 0 Å². The van der Waals surface area contributed by atoms with Crippen molar-refractivity contribution in [1.82, 2.24) is 0 Å². The highest BCUT2D eigenvalue weighted by Crippen LogP contribution is 2.44. The molecule has 210 valence electrons. The topological polar surface area (TPSA) is 13.1 Å². The Morgan fingerprint density at radius 2 is 0.956 bits per heavy atom. The molecule has 0 aliphatic heterocycles. The quantitative estimate of drug-likeness (QED) is 0.186. The molecule has 0 unspecified atom stereocenters. The van der Waals surface area contributed by atoms with E-state index in [1.807, 2.05) is 42.5 Å². The second-order valence-electron chi connectivity index (χ2n) is 10.4. The van der Waals surface area contributed by atoms with Crippen LogP contribution in [0.5, 0.6) is 0 Å². The summed E-state index contributed by atoms with van der Waals surface area (Å²) < 4.78 is 159. The Kier molecular flexibility index (Phi) is 3.18. The molecule has 45 heavy (non-hydrogen) atoms. The Morgan fingerprint density at radius 1 is 0.378 bits per heavy atom. The van der Waals surface area contributed by atoms with Gasteiger partial charge in [-0.15, -0.1) is 0 Å². The summed E-state index contributed by atoms with van der Waals surface area (Å²) >= 11 is 0. The largest absolute Gasteiger partial charge is 0.456 e. The minimum Gasteiger partial charge on any atom is -0.456 e. The highest BCUT2D eigenvalue weighted by atomic mass is 16.3. The summed E-state index contributed by atoms with van der Waals surface area (Å²) in [5.41, 5.74) is 0.627. The molecule has 1 aromatic heterocycles. The molecule has 0 amide bonds.